The van der Waals surface area contributed by atoms with Crippen molar-refractivity contribution >= 4 is 29.0 Å². The molecule has 0 aromatic carbocycles. The highest BCUT2D eigenvalue weighted by Crippen LogP contribution is 2.16. The Hall–Kier alpha value is -0.650. The van der Waals surface area contributed by atoms with Gasteiger partial charge in [-0.1, -0.05) is 11.6 Å². The van der Waals surface area contributed by atoms with Crippen molar-refractivity contribution in [1.82, 2.24) is 15.2 Å². The molecule has 0 saturated carbocycles. The van der Waals surface area contributed by atoms with E-state index in [4.69, 9.17) is 27.9 Å². The highest BCUT2D eigenvalue weighted by Gasteiger charge is 2.04. The van der Waals surface area contributed by atoms with E-state index in [2.05, 4.69) is 20.5 Å². The van der Waals surface area contributed by atoms with Gasteiger partial charge in [0.15, 0.2) is 11.0 Å². The van der Waals surface area contributed by atoms with Gasteiger partial charge in [0, 0.05) is 20.3 Å². The molecule has 1 aromatic heterocycles. The summed E-state index contributed by atoms with van der Waals surface area (Å²) in [6.45, 7) is 1.57. The molecule has 1 rings (SSSR count). The van der Waals surface area contributed by atoms with Crippen LogP contribution < -0.4 is 5.32 Å². The Balaban J connectivity index is 2.23. The lowest BCUT2D eigenvalue weighted by atomic mass is 10.2. The fraction of sp³-hybridized carbons (Fsp3) is 0.667. The first-order valence-corrected chi connectivity index (χ1v) is 5.78. The fourth-order valence-corrected chi connectivity index (χ4v) is 1.43. The predicted octanol–water partition coefficient (Wildman–Crippen LogP) is 2.41. The van der Waals surface area contributed by atoms with E-state index < -0.39 is 0 Å². The summed E-state index contributed by atoms with van der Waals surface area (Å²) in [6.07, 6.45) is 3.15. The zero-order valence-electron chi connectivity index (χ0n) is 9.04. The smallest absolute Gasteiger partial charge is 0.245 e. The van der Waals surface area contributed by atoms with Gasteiger partial charge in [-0.3, -0.25) is 0 Å². The Labute approximate surface area is 105 Å². The molecule has 0 spiro atoms. The van der Waals surface area contributed by atoms with Crippen LogP contribution in [0.5, 0.6) is 0 Å². The van der Waals surface area contributed by atoms with Crippen LogP contribution in [0.15, 0.2) is 0 Å². The van der Waals surface area contributed by atoms with Crippen molar-refractivity contribution in [2.45, 2.75) is 19.3 Å². The van der Waals surface area contributed by atoms with Gasteiger partial charge in [-0.15, -0.1) is 10.2 Å². The van der Waals surface area contributed by atoms with Crippen LogP contribution in [0.3, 0.4) is 0 Å². The van der Waals surface area contributed by atoms with Crippen LogP contribution in [0.1, 0.15) is 19.3 Å². The van der Waals surface area contributed by atoms with E-state index in [1.165, 1.54) is 0 Å². The molecule has 1 heterocycles. The second-order valence-electron chi connectivity index (χ2n) is 3.20. The number of methoxy groups -OCH3 is 1. The molecule has 0 fully saturated rings. The third-order valence-corrected chi connectivity index (χ3v) is 2.35. The molecule has 0 radical (unpaired) electrons. The molecular formula is C9H14Cl2N4O. The number of hydrogen-bond donors (Lipinski definition) is 1. The number of aromatic nitrogens is 3. The molecule has 90 valence electrons. The topological polar surface area (TPSA) is 59.9 Å². The van der Waals surface area contributed by atoms with Gasteiger partial charge in [0.05, 0.1) is 0 Å². The second-order valence-corrected chi connectivity index (χ2v) is 3.90. The van der Waals surface area contributed by atoms with Crippen molar-refractivity contribution < 1.29 is 4.74 Å². The molecule has 0 bridgehead atoms. The van der Waals surface area contributed by atoms with Gasteiger partial charge in [-0.25, -0.2) is 0 Å². The van der Waals surface area contributed by atoms with Crippen LogP contribution in [0.25, 0.3) is 0 Å². The van der Waals surface area contributed by atoms with Crippen molar-refractivity contribution in [3.05, 3.63) is 10.4 Å². The Morgan fingerprint density at radius 3 is 2.75 bits per heavy atom. The molecule has 7 heteroatoms. The maximum absolute atomic E-state index is 5.78. The third-order valence-electron chi connectivity index (χ3n) is 1.94. The average Bonchev–Trinajstić information content (AvgIpc) is 2.28. The first kappa shape index (κ1) is 13.4. The largest absolute Gasteiger partial charge is 0.385 e. The summed E-state index contributed by atoms with van der Waals surface area (Å²) in [6, 6.07) is 0. The van der Waals surface area contributed by atoms with Crippen LogP contribution in [-0.2, 0) is 4.74 Å². The molecule has 0 saturated heterocycles. The van der Waals surface area contributed by atoms with E-state index in [1.807, 2.05) is 0 Å². The minimum Gasteiger partial charge on any atom is -0.385 e. The van der Waals surface area contributed by atoms with Gasteiger partial charge in [0.25, 0.3) is 0 Å². The number of nitrogens with zero attached hydrogens (tertiary/aromatic N) is 3. The SMILES string of the molecule is COCCCCCNc1nc(Cl)nnc1Cl. The van der Waals surface area contributed by atoms with Gasteiger partial charge in [-0.05, 0) is 30.9 Å². The van der Waals surface area contributed by atoms with E-state index in [1.54, 1.807) is 7.11 Å². The zero-order valence-corrected chi connectivity index (χ0v) is 10.6. The van der Waals surface area contributed by atoms with E-state index in [-0.39, 0.29) is 10.4 Å². The molecule has 0 aliphatic heterocycles. The van der Waals surface area contributed by atoms with Crippen molar-refractivity contribution in [3.8, 4) is 0 Å². The molecule has 0 amide bonds. The summed E-state index contributed by atoms with van der Waals surface area (Å²) in [5, 5.41) is 10.6. The Morgan fingerprint density at radius 2 is 2.00 bits per heavy atom. The first-order valence-electron chi connectivity index (χ1n) is 5.02. The van der Waals surface area contributed by atoms with Crippen LogP contribution in [0.2, 0.25) is 10.4 Å². The van der Waals surface area contributed by atoms with E-state index in [0.29, 0.717) is 5.82 Å². The highest BCUT2D eigenvalue weighted by molar-refractivity contribution is 6.32. The summed E-state index contributed by atoms with van der Waals surface area (Å²) < 4.78 is 4.95. The summed E-state index contributed by atoms with van der Waals surface area (Å²) >= 11 is 11.4. The van der Waals surface area contributed by atoms with Gasteiger partial charge in [-0.2, -0.15) is 4.98 Å². The minimum absolute atomic E-state index is 0.0892. The zero-order chi connectivity index (χ0) is 11.8. The number of ether oxygens (including phenoxy) is 1. The maximum Gasteiger partial charge on any atom is 0.245 e. The Bertz CT molecular complexity index is 324. The second kappa shape index (κ2) is 7.60. The van der Waals surface area contributed by atoms with Crippen LogP contribution in [0, 0.1) is 0 Å². The Kier molecular flexibility index (Phi) is 6.37. The van der Waals surface area contributed by atoms with Crippen molar-refractivity contribution in [3.63, 3.8) is 0 Å². The normalized spacial score (nSPS) is 10.4. The van der Waals surface area contributed by atoms with Crippen LogP contribution >= 0.6 is 23.2 Å². The van der Waals surface area contributed by atoms with Crippen LogP contribution in [0.4, 0.5) is 5.82 Å². The fourth-order valence-electron chi connectivity index (χ4n) is 1.16. The number of anilines is 1. The lowest BCUT2D eigenvalue weighted by Crippen LogP contribution is -2.06. The Morgan fingerprint density at radius 1 is 1.19 bits per heavy atom. The summed E-state index contributed by atoms with van der Waals surface area (Å²) in [5.41, 5.74) is 0. The average molecular weight is 265 g/mol. The standard InChI is InChI=1S/C9H14Cl2N4O/c1-16-6-4-2-3-5-12-8-7(10)14-15-9(11)13-8/h2-6H2,1H3,(H,12,13,15). The van der Waals surface area contributed by atoms with Crippen LogP contribution in [-0.4, -0.2) is 35.4 Å². The number of unbranched alkanes of at least 4 members (excludes halogenated alkanes) is 2. The predicted molar refractivity (Wildman–Crippen MR) is 64.1 cm³/mol. The quantitative estimate of drug-likeness (QED) is 0.767. The molecule has 16 heavy (non-hydrogen) atoms. The molecule has 5 nitrogen and oxygen atoms in total. The van der Waals surface area contributed by atoms with Gasteiger partial charge in [0.2, 0.25) is 5.28 Å². The number of rotatable bonds is 7. The van der Waals surface area contributed by atoms with E-state index in [9.17, 15) is 0 Å². The van der Waals surface area contributed by atoms with Crippen molar-refractivity contribution in [2.24, 2.45) is 0 Å². The number of nitrogens with one attached hydrogen (secondary N) is 1. The molecule has 1 aromatic rings. The molecule has 0 aliphatic rings. The molecule has 0 unspecified atom stereocenters. The number of hydrogen-bond acceptors (Lipinski definition) is 5. The molecule has 0 aliphatic carbocycles. The highest BCUT2D eigenvalue weighted by atomic mass is 35.5. The van der Waals surface area contributed by atoms with Crippen molar-refractivity contribution in [2.75, 3.05) is 25.6 Å². The van der Waals surface area contributed by atoms with Gasteiger partial charge >= 0.3 is 0 Å². The molecular weight excluding hydrogens is 251 g/mol. The van der Waals surface area contributed by atoms with E-state index >= 15 is 0 Å². The molecule has 1 N–H and O–H groups in total. The lowest BCUT2D eigenvalue weighted by molar-refractivity contribution is 0.192. The first-order chi connectivity index (χ1) is 7.74. The van der Waals surface area contributed by atoms with Crippen molar-refractivity contribution in [1.29, 1.82) is 0 Å². The minimum atomic E-state index is 0.0892. The van der Waals surface area contributed by atoms with Gasteiger partial charge in [0.1, 0.15) is 0 Å². The summed E-state index contributed by atoms with van der Waals surface area (Å²) in [4.78, 5) is 3.93. The molecule has 0 atom stereocenters. The maximum atomic E-state index is 5.78. The third kappa shape index (κ3) is 4.92. The summed E-state index contributed by atoms with van der Waals surface area (Å²) in [7, 11) is 1.70. The number of halogens is 2. The lowest BCUT2D eigenvalue weighted by Gasteiger charge is -2.05. The van der Waals surface area contributed by atoms with E-state index in [0.717, 1.165) is 32.4 Å². The van der Waals surface area contributed by atoms with Gasteiger partial charge < -0.3 is 10.1 Å². The monoisotopic (exact) mass is 264 g/mol. The summed E-state index contributed by atoms with van der Waals surface area (Å²) in [5.74, 6) is 0.480.